The first-order valence-electron chi connectivity index (χ1n) is 8.07. The molecule has 0 fully saturated rings. The van der Waals surface area contributed by atoms with E-state index in [1.54, 1.807) is 25.1 Å². The van der Waals surface area contributed by atoms with Crippen LogP contribution in [-0.4, -0.2) is 67.8 Å². The zero-order valence-corrected chi connectivity index (χ0v) is 16.4. The first kappa shape index (κ1) is 21.1. The lowest BCUT2D eigenvalue weighted by Crippen LogP contribution is -2.44. The average Bonchev–Trinajstić information content (AvgIpc) is 2.55. The Morgan fingerprint density at radius 2 is 1.76 bits per heavy atom. The molecule has 0 atom stereocenters. The van der Waals surface area contributed by atoms with Crippen LogP contribution in [0.5, 0.6) is 0 Å². The fraction of sp³-hybridized carbons (Fsp3) is 0.471. The molecule has 0 aromatic heterocycles. The van der Waals surface area contributed by atoms with Crippen LogP contribution in [-0.2, 0) is 14.4 Å². The predicted octanol–water partition coefficient (Wildman–Crippen LogP) is 1.30. The van der Waals surface area contributed by atoms with Crippen LogP contribution in [0, 0.1) is 0 Å². The summed E-state index contributed by atoms with van der Waals surface area (Å²) in [5, 5.41) is 5.30. The van der Waals surface area contributed by atoms with E-state index >= 15 is 0 Å². The summed E-state index contributed by atoms with van der Waals surface area (Å²) < 4.78 is 0.769. The van der Waals surface area contributed by atoms with E-state index in [-0.39, 0.29) is 37.4 Å². The van der Waals surface area contributed by atoms with Gasteiger partial charge < -0.3 is 15.5 Å². The third-order valence-corrected chi connectivity index (χ3v) is 4.05. The van der Waals surface area contributed by atoms with Crippen molar-refractivity contribution < 1.29 is 14.4 Å². The lowest BCUT2D eigenvalue weighted by atomic mass is 10.3. The number of nitrogens with one attached hydrogen (secondary N) is 2. The molecule has 1 rings (SSSR count). The molecular weight excluding hydrogens is 388 g/mol. The van der Waals surface area contributed by atoms with Crippen molar-refractivity contribution >= 4 is 39.3 Å². The van der Waals surface area contributed by atoms with Crippen LogP contribution in [0.15, 0.2) is 28.7 Å². The first-order chi connectivity index (χ1) is 11.8. The number of likely N-dealkylation sites (N-methyl/N-ethyl adjacent to an activating group) is 1. The van der Waals surface area contributed by atoms with Gasteiger partial charge in [-0.1, -0.05) is 19.1 Å². The van der Waals surface area contributed by atoms with Crippen LogP contribution in [0.2, 0.25) is 0 Å². The number of rotatable bonds is 9. The number of nitrogens with zero attached hydrogens (tertiary/aromatic N) is 2. The Morgan fingerprint density at radius 3 is 2.36 bits per heavy atom. The fourth-order valence-corrected chi connectivity index (χ4v) is 2.44. The van der Waals surface area contributed by atoms with Crippen molar-refractivity contribution in [2.45, 2.75) is 13.3 Å². The fourth-order valence-electron chi connectivity index (χ4n) is 2.06. The van der Waals surface area contributed by atoms with Crippen molar-refractivity contribution in [2.24, 2.45) is 0 Å². The van der Waals surface area contributed by atoms with Crippen molar-refractivity contribution in [1.82, 2.24) is 15.1 Å². The van der Waals surface area contributed by atoms with Gasteiger partial charge in [-0.15, -0.1) is 0 Å². The van der Waals surface area contributed by atoms with Gasteiger partial charge in [-0.3, -0.25) is 19.3 Å². The first-order valence-corrected chi connectivity index (χ1v) is 8.86. The number of hydrogen-bond donors (Lipinski definition) is 2. The summed E-state index contributed by atoms with van der Waals surface area (Å²) in [5.41, 5.74) is 0.644. The second kappa shape index (κ2) is 10.8. The molecule has 1 aromatic carbocycles. The van der Waals surface area contributed by atoms with Crippen LogP contribution in [0.1, 0.15) is 13.3 Å². The minimum atomic E-state index is -0.313. The molecule has 25 heavy (non-hydrogen) atoms. The molecule has 0 bridgehead atoms. The Morgan fingerprint density at radius 1 is 1.08 bits per heavy atom. The molecule has 0 heterocycles. The van der Waals surface area contributed by atoms with Gasteiger partial charge in [0.15, 0.2) is 0 Å². The van der Waals surface area contributed by atoms with Crippen LogP contribution in [0.25, 0.3) is 0 Å². The molecular formula is C17H25BrN4O3. The summed E-state index contributed by atoms with van der Waals surface area (Å²) in [7, 11) is 3.36. The normalized spacial score (nSPS) is 10.4. The molecule has 0 spiro atoms. The smallest absolute Gasteiger partial charge is 0.243 e. The van der Waals surface area contributed by atoms with Crippen LogP contribution >= 0.6 is 15.9 Å². The van der Waals surface area contributed by atoms with E-state index < -0.39 is 0 Å². The maximum Gasteiger partial charge on any atom is 0.243 e. The second-order valence-electron chi connectivity index (χ2n) is 5.80. The minimum absolute atomic E-state index is 0.0621. The molecule has 138 valence electrons. The van der Waals surface area contributed by atoms with Gasteiger partial charge in [0.2, 0.25) is 17.7 Å². The van der Waals surface area contributed by atoms with Gasteiger partial charge in [-0.05, 0) is 41.0 Å². The Bertz CT molecular complexity index is 607. The molecule has 3 amide bonds. The lowest BCUT2D eigenvalue weighted by Gasteiger charge is -2.22. The maximum absolute atomic E-state index is 12.0. The number of halogens is 1. The minimum Gasteiger partial charge on any atom is -0.348 e. The summed E-state index contributed by atoms with van der Waals surface area (Å²) in [5.74, 6) is -0.665. The molecule has 8 heteroatoms. The van der Waals surface area contributed by atoms with Gasteiger partial charge in [0.05, 0.1) is 25.3 Å². The topological polar surface area (TPSA) is 81.8 Å². The number of para-hydroxylation sites is 1. The summed E-state index contributed by atoms with van der Waals surface area (Å²) in [4.78, 5) is 39.0. The van der Waals surface area contributed by atoms with E-state index in [1.807, 2.05) is 25.1 Å². The van der Waals surface area contributed by atoms with E-state index in [4.69, 9.17) is 0 Å². The van der Waals surface area contributed by atoms with Gasteiger partial charge in [-0.2, -0.15) is 0 Å². The molecule has 0 saturated carbocycles. The van der Waals surface area contributed by atoms with Gasteiger partial charge in [0.25, 0.3) is 0 Å². The monoisotopic (exact) mass is 412 g/mol. The van der Waals surface area contributed by atoms with Crippen molar-refractivity contribution in [1.29, 1.82) is 0 Å². The second-order valence-corrected chi connectivity index (χ2v) is 6.66. The standard InChI is InChI=1S/C17H25BrN4O3/c1-4-9-22(12-17(25)21(2)3)11-16(24)19-10-15(23)20-14-8-6-5-7-13(14)18/h5-8H,4,9-12H2,1-3H3,(H,19,24)(H,20,23). The van der Waals surface area contributed by atoms with E-state index in [9.17, 15) is 14.4 Å². The van der Waals surface area contributed by atoms with E-state index in [0.29, 0.717) is 12.2 Å². The molecule has 1 aromatic rings. The highest BCUT2D eigenvalue weighted by Gasteiger charge is 2.15. The van der Waals surface area contributed by atoms with Crippen LogP contribution in [0.4, 0.5) is 5.69 Å². The van der Waals surface area contributed by atoms with Gasteiger partial charge >= 0.3 is 0 Å². The van der Waals surface area contributed by atoms with Crippen molar-refractivity contribution in [3.63, 3.8) is 0 Å². The molecule has 0 aliphatic rings. The molecule has 0 unspecified atom stereocenters. The molecule has 0 aliphatic carbocycles. The SMILES string of the molecule is CCCN(CC(=O)NCC(=O)Nc1ccccc1Br)CC(=O)N(C)C. The number of hydrogen-bond acceptors (Lipinski definition) is 4. The van der Waals surface area contributed by atoms with E-state index in [2.05, 4.69) is 26.6 Å². The molecule has 0 radical (unpaired) electrons. The zero-order chi connectivity index (χ0) is 18.8. The summed E-state index contributed by atoms with van der Waals surface area (Å²) in [6, 6.07) is 7.24. The number of carbonyl (C=O) groups excluding carboxylic acids is 3. The third kappa shape index (κ3) is 8.13. The highest BCUT2D eigenvalue weighted by atomic mass is 79.9. The Labute approximate surface area is 156 Å². The number of carbonyl (C=O) groups is 3. The highest BCUT2D eigenvalue weighted by Crippen LogP contribution is 2.20. The van der Waals surface area contributed by atoms with Crippen molar-refractivity contribution in [3.8, 4) is 0 Å². The number of amides is 3. The summed E-state index contributed by atoms with van der Waals surface area (Å²) in [6.45, 7) is 2.75. The number of benzene rings is 1. The largest absolute Gasteiger partial charge is 0.348 e. The average molecular weight is 413 g/mol. The van der Waals surface area contributed by atoms with Crippen molar-refractivity contribution in [2.75, 3.05) is 45.6 Å². The van der Waals surface area contributed by atoms with Gasteiger partial charge in [0.1, 0.15) is 0 Å². The Balaban J connectivity index is 2.44. The van der Waals surface area contributed by atoms with Crippen LogP contribution in [0.3, 0.4) is 0 Å². The van der Waals surface area contributed by atoms with E-state index in [1.165, 1.54) is 4.90 Å². The summed E-state index contributed by atoms with van der Waals surface area (Å²) >= 11 is 3.34. The maximum atomic E-state index is 12.0. The van der Waals surface area contributed by atoms with Gasteiger partial charge in [-0.25, -0.2) is 0 Å². The number of anilines is 1. The third-order valence-electron chi connectivity index (χ3n) is 3.36. The molecule has 7 nitrogen and oxygen atoms in total. The van der Waals surface area contributed by atoms with Crippen LogP contribution < -0.4 is 10.6 Å². The summed E-state index contributed by atoms with van der Waals surface area (Å²) in [6.07, 6.45) is 0.830. The van der Waals surface area contributed by atoms with Gasteiger partial charge in [0, 0.05) is 18.6 Å². The Hall–Kier alpha value is -1.93. The predicted molar refractivity (Wildman–Crippen MR) is 101 cm³/mol. The van der Waals surface area contributed by atoms with Crippen molar-refractivity contribution in [3.05, 3.63) is 28.7 Å². The highest BCUT2D eigenvalue weighted by molar-refractivity contribution is 9.10. The molecule has 0 aliphatic heterocycles. The Kier molecular flexibility index (Phi) is 9.15. The van der Waals surface area contributed by atoms with E-state index in [0.717, 1.165) is 10.9 Å². The molecule has 0 saturated heterocycles. The zero-order valence-electron chi connectivity index (χ0n) is 14.8. The lowest BCUT2D eigenvalue weighted by molar-refractivity contribution is -0.131. The quantitative estimate of drug-likeness (QED) is 0.640. The molecule has 2 N–H and O–H groups in total.